The first kappa shape index (κ1) is 13.5. The first-order chi connectivity index (χ1) is 11.2. The Hall–Kier alpha value is -3.21. The van der Waals surface area contributed by atoms with E-state index in [1.165, 1.54) is 0 Å². The van der Waals surface area contributed by atoms with Crippen molar-refractivity contribution in [2.45, 2.75) is 0 Å². The van der Waals surface area contributed by atoms with E-state index in [-0.39, 0.29) is 0 Å². The zero-order chi connectivity index (χ0) is 15.8. The molecule has 0 saturated carbocycles. The molecule has 5 nitrogen and oxygen atoms in total. The van der Waals surface area contributed by atoms with Gasteiger partial charge in [-0.3, -0.25) is 0 Å². The van der Waals surface area contributed by atoms with Crippen molar-refractivity contribution in [3.8, 4) is 22.6 Å². The van der Waals surface area contributed by atoms with Crippen molar-refractivity contribution in [1.82, 2.24) is 19.5 Å². The van der Waals surface area contributed by atoms with Crippen molar-refractivity contribution in [2.24, 2.45) is 7.05 Å². The van der Waals surface area contributed by atoms with Gasteiger partial charge in [-0.2, -0.15) is 0 Å². The van der Waals surface area contributed by atoms with Gasteiger partial charge >= 0.3 is 0 Å². The fourth-order valence-corrected chi connectivity index (χ4v) is 2.68. The lowest BCUT2D eigenvalue weighted by atomic mass is 10.1. The summed E-state index contributed by atoms with van der Waals surface area (Å²) in [6.07, 6.45) is 1.67. The largest absolute Gasteiger partial charge is 0.383 e. The Morgan fingerprint density at radius 2 is 1.74 bits per heavy atom. The van der Waals surface area contributed by atoms with Crippen molar-refractivity contribution in [3.05, 3.63) is 60.8 Å². The lowest BCUT2D eigenvalue weighted by Gasteiger charge is -2.05. The summed E-state index contributed by atoms with van der Waals surface area (Å²) >= 11 is 0. The smallest absolute Gasteiger partial charge is 0.160 e. The Balaban J connectivity index is 1.91. The minimum Gasteiger partial charge on any atom is -0.383 e. The minimum atomic E-state index is 0.467. The van der Waals surface area contributed by atoms with Gasteiger partial charge in [0.2, 0.25) is 0 Å². The van der Waals surface area contributed by atoms with Gasteiger partial charge in [-0.1, -0.05) is 30.3 Å². The first-order valence-corrected chi connectivity index (χ1v) is 7.34. The topological polar surface area (TPSA) is 69.6 Å². The molecule has 0 aliphatic carbocycles. The summed E-state index contributed by atoms with van der Waals surface area (Å²) in [5, 5.41) is 0. The molecule has 4 rings (SSSR count). The normalized spacial score (nSPS) is 11.0. The Kier molecular flexibility index (Phi) is 3.05. The zero-order valence-corrected chi connectivity index (χ0v) is 12.6. The van der Waals surface area contributed by atoms with Gasteiger partial charge in [0.25, 0.3) is 0 Å². The second-order valence-corrected chi connectivity index (χ2v) is 5.34. The number of nitrogens with zero attached hydrogens (tertiary/aromatic N) is 4. The summed E-state index contributed by atoms with van der Waals surface area (Å²) in [5.74, 6) is 1.23. The van der Waals surface area contributed by atoms with Crippen LogP contribution in [0.15, 0.2) is 60.8 Å². The van der Waals surface area contributed by atoms with Gasteiger partial charge in [0, 0.05) is 18.8 Å². The third-order valence-corrected chi connectivity index (χ3v) is 3.87. The van der Waals surface area contributed by atoms with Gasteiger partial charge in [-0.15, -0.1) is 0 Å². The molecule has 0 saturated heterocycles. The van der Waals surface area contributed by atoms with Crippen molar-refractivity contribution in [2.75, 3.05) is 5.73 Å². The van der Waals surface area contributed by atoms with E-state index in [1.807, 2.05) is 66.2 Å². The maximum Gasteiger partial charge on any atom is 0.160 e. The number of fused-ring (bicyclic) bond motifs is 1. The molecule has 0 fully saturated rings. The Morgan fingerprint density at radius 1 is 0.913 bits per heavy atom. The third kappa shape index (κ3) is 2.23. The lowest BCUT2D eigenvalue weighted by Crippen LogP contribution is -1.99. The van der Waals surface area contributed by atoms with Crippen LogP contribution >= 0.6 is 0 Å². The summed E-state index contributed by atoms with van der Waals surface area (Å²) < 4.78 is 1.95. The van der Waals surface area contributed by atoms with E-state index in [9.17, 15) is 0 Å². The van der Waals surface area contributed by atoms with Crippen LogP contribution in [0, 0.1) is 0 Å². The highest BCUT2D eigenvalue weighted by Crippen LogP contribution is 2.27. The van der Waals surface area contributed by atoms with Gasteiger partial charge in [0.15, 0.2) is 5.65 Å². The predicted molar refractivity (Wildman–Crippen MR) is 91.6 cm³/mol. The number of nitrogens with two attached hydrogens (primary N) is 1. The van der Waals surface area contributed by atoms with Crippen molar-refractivity contribution in [1.29, 1.82) is 0 Å². The molecule has 112 valence electrons. The number of hydrogen-bond donors (Lipinski definition) is 1. The third-order valence-electron chi connectivity index (χ3n) is 3.87. The van der Waals surface area contributed by atoms with Gasteiger partial charge in [0.1, 0.15) is 17.2 Å². The highest BCUT2D eigenvalue weighted by Gasteiger charge is 2.14. The quantitative estimate of drug-likeness (QED) is 0.617. The molecule has 23 heavy (non-hydrogen) atoms. The fourth-order valence-electron chi connectivity index (χ4n) is 2.68. The van der Waals surface area contributed by atoms with Crippen molar-refractivity contribution in [3.63, 3.8) is 0 Å². The van der Waals surface area contributed by atoms with Crippen LogP contribution in [0.2, 0.25) is 0 Å². The molecule has 0 bridgehead atoms. The van der Waals surface area contributed by atoms with Crippen LogP contribution in [0.25, 0.3) is 33.8 Å². The SMILES string of the molecule is Cn1c(-c2cccnc2N)nc2ccc(-c3ccccc3)nc21. The second kappa shape index (κ2) is 5.21. The summed E-state index contributed by atoms with van der Waals surface area (Å²) in [5.41, 5.74) is 10.5. The number of aryl methyl sites for hydroxylation is 1. The van der Waals surface area contributed by atoms with E-state index in [2.05, 4.69) is 9.97 Å². The number of nitrogen functional groups attached to an aromatic ring is 1. The number of pyridine rings is 2. The number of benzene rings is 1. The van der Waals surface area contributed by atoms with Crippen LogP contribution < -0.4 is 5.73 Å². The molecule has 4 aromatic rings. The standard InChI is InChI=1S/C18H15N5/c1-23-17(13-8-5-11-20-16(13)19)22-15-10-9-14(21-18(15)23)12-6-3-2-4-7-12/h2-11H,1H3,(H2,19,20). The van der Waals surface area contributed by atoms with Gasteiger partial charge in [-0.25, -0.2) is 15.0 Å². The number of aromatic nitrogens is 4. The molecule has 0 aliphatic rings. The van der Waals surface area contributed by atoms with E-state index >= 15 is 0 Å². The van der Waals surface area contributed by atoms with Crippen LogP contribution in [0.4, 0.5) is 5.82 Å². The van der Waals surface area contributed by atoms with Gasteiger partial charge in [-0.05, 0) is 24.3 Å². The monoisotopic (exact) mass is 301 g/mol. The number of imidazole rings is 1. The van der Waals surface area contributed by atoms with E-state index in [1.54, 1.807) is 6.20 Å². The zero-order valence-electron chi connectivity index (χ0n) is 12.6. The molecule has 0 unspecified atom stereocenters. The van der Waals surface area contributed by atoms with Gasteiger partial charge < -0.3 is 10.3 Å². The molecule has 0 radical (unpaired) electrons. The average molecular weight is 301 g/mol. The van der Waals surface area contributed by atoms with Crippen LogP contribution in [-0.4, -0.2) is 19.5 Å². The fraction of sp³-hybridized carbons (Fsp3) is 0.0556. The Bertz CT molecular complexity index is 989. The Labute approximate surface area is 133 Å². The Morgan fingerprint density at radius 3 is 2.52 bits per heavy atom. The summed E-state index contributed by atoms with van der Waals surface area (Å²) in [6, 6.07) is 17.8. The van der Waals surface area contributed by atoms with Crippen LogP contribution in [0.5, 0.6) is 0 Å². The van der Waals surface area contributed by atoms with E-state index < -0.39 is 0 Å². The van der Waals surface area contributed by atoms with E-state index in [4.69, 9.17) is 10.7 Å². The van der Waals surface area contributed by atoms with Crippen LogP contribution in [0.3, 0.4) is 0 Å². The highest BCUT2D eigenvalue weighted by molar-refractivity contribution is 5.82. The second-order valence-electron chi connectivity index (χ2n) is 5.34. The molecule has 0 atom stereocenters. The van der Waals surface area contributed by atoms with E-state index in [0.717, 1.165) is 33.8 Å². The van der Waals surface area contributed by atoms with Crippen molar-refractivity contribution >= 4 is 17.0 Å². The maximum absolute atomic E-state index is 5.98. The maximum atomic E-state index is 5.98. The lowest BCUT2D eigenvalue weighted by molar-refractivity contribution is 0.942. The van der Waals surface area contributed by atoms with Crippen LogP contribution in [0.1, 0.15) is 0 Å². The summed E-state index contributed by atoms with van der Waals surface area (Å²) in [7, 11) is 1.94. The summed E-state index contributed by atoms with van der Waals surface area (Å²) in [4.78, 5) is 13.6. The summed E-state index contributed by atoms with van der Waals surface area (Å²) in [6.45, 7) is 0. The first-order valence-electron chi connectivity index (χ1n) is 7.34. The molecule has 5 heteroatoms. The molecular formula is C18H15N5. The molecule has 2 N–H and O–H groups in total. The molecular weight excluding hydrogens is 286 g/mol. The van der Waals surface area contributed by atoms with Gasteiger partial charge in [0.05, 0.1) is 11.3 Å². The van der Waals surface area contributed by atoms with Crippen LogP contribution in [-0.2, 0) is 7.05 Å². The molecule has 0 spiro atoms. The average Bonchev–Trinajstić information content (AvgIpc) is 2.92. The molecule has 1 aromatic carbocycles. The minimum absolute atomic E-state index is 0.467. The van der Waals surface area contributed by atoms with E-state index in [0.29, 0.717) is 5.82 Å². The number of rotatable bonds is 2. The van der Waals surface area contributed by atoms with Crippen molar-refractivity contribution < 1.29 is 0 Å². The molecule has 3 aromatic heterocycles. The highest BCUT2D eigenvalue weighted by atomic mass is 15.1. The number of anilines is 1. The molecule has 0 aliphatic heterocycles. The molecule has 3 heterocycles. The predicted octanol–water partition coefficient (Wildman–Crippen LogP) is 3.28. The number of hydrogen-bond acceptors (Lipinski definition) is 4. The molecule has 0 amide bonds.